The normalized spacial score (nSPS) is 17.3. The molecule has 1 amide bonds. The highest BCUT2D eigenvalue weighted by Crippen LogP contribution is 2.19. The number of anilines is 1. The standard InChI is InChI=1S/C20H33N3O3/c1-4-26-19-7-5-18(6-8-19)21-20(25)15-22(3)14-17-9-11-23(12-10-17)13-16(2)24/h5-8,16-17,24H,4,9-15H2,1-3H3,(H,21,25). The zero-order valence-electron chi connectivity index (χ0n) is 16.3. The van der Waals surface area contributed by atoms with Crippen molar-refractivity contribution in [1.29, 1.82) is 0 Å². The van der Waals surface area contributed by atoms with Gasteiger partial charge in [0.2, 0.25) is 5.91 Å². The molecule has 1 aromatic rings. The predicted molar refractivity (Wildman–Crippen MR) is 105 cm³/mol. The molecule has 1 fully saturated rings. The van der Waals surface area contributed by atoms with Crippen molar-refractivity contribution in [1.82, 2.24) is 9.80 Å². The molecule has 1 aliphatic heterocycles. The Balaban J connectivity index is 1.69. The van der Waals surface area contributed by atoms with Crippen molar-refractivity contribution in [2.75, 3.05) is 51.7 Å². The first-order valence-electron chi connectivity index (χ1n) is 9.58. The number of aliphatic hydroxyl groups is 1. The number of hydrogen-bond donors (Lipinski definition) is 2. The molecule has 2 rings (SSSR count). The second-order valence-corrected chi connectivity index (χ2v) is 7.30. The highest BCUT2D eigenvalue weighted by molar-refractivity contribution is 5.92. The van der Waals surface area contributed by atoms with E-state index in [0.29, 0.717) is 19.1 Å². The number of ether oxygens (including phenoxy) is 1. The summed E-state index contributed by atoms with van der Waals surface area (Å²) < 4.78 is 5.41. The van der Waals surface area contributed by atoms with E-state index in [2.05, 4.69) is 15.1 Å². The number of carbonyl (C=O) groups is 1. The Labute approximate surface area is 157 Å². The number of carbonyl (C=O) groups excluding carboxylic acids is 1. The summed E-state index contributed by atoms with van der Waals surface area (Å²) >= 11 is 0. The maximum Gasteiger partial charge on any atom is 0.238 e. The summed E-state index contributed by atoms with van der Waals surface area (Å²) in [5, 5.41) is 12.4. The molecule has 1 atom stereocenters. The maximum absolute atomic E-state index is 12.2. The SMILES string of the molecule is CCOc1ccc(NC(=O)CN(C)CC2CCN(CC(C)O)CC2)cc1. The second kappa shape index (κ2) is 10.5. The lowest BCUT2D eigenvalue weighted by atomic mass is 9.96. The van der Waals surface area contributed by atoms with Crippen LogP contribution >= 0.6 is 0 Å². The Morgan fingerprint density at radius 1 is 1.35 bits per heavy atom. The smallest absolute Gasteiger partial charge is 0.238 e. The zero-order chi connectivity index (χ0) is 18.9. The number of benzene rings is 1. The van der Waals surface area contributed by atoms with E-state index in [1.807, 2.05) is 45.2 Å². The van der Waals surface area contributed by atoms with Gasteiger partial charge in [-0.3, -0.25) is 9.69 Å². The van der Waals surface area contributed by atoms with Gasteiger partial charge in [-0.1, -0.05) is 0 Å². The van der Waals surface area contributed by atoms with Crippen molar-refractivity contribution >= 4 is 11.6 Å². The van der Waals surface area contributed by atoms with E-state index in [4.69, 9.17) is 4.74 Å². The minimum absolute atomic E-state index is 0.00296. The zero-order valence-corrected chi connectivity index (χ0v) is 16.3. The maximum atomic E-state index is 12.2. The molecule has 146 valence electrons. The third kappa shape index (κ3) is 7.32. The highest BCUT2D eigenvalue weighted by atomic mass is 16.5. The fourth-order valence-electron chi connectivity index (χ4n) is 3.48. The van der Waals surface area contributed by atoms with Crippen molar-refractivity contribution in [3.8, 4) is 5.75 Å². The summed E-state index contributed by atoms with van der Waals surface area (Å²) in [6.07, 6.45) is 1.98. The number of β-amino-alcohol motifs (C(OH)–C–C–N with tert-alkyl or cyclic N) is 1. The van der Waals surface area contributed by atoms with E-state index in [9.17, 15) is 9.90 Å². The van der Waals surface area contributed by atoms with Crippen LogP contribution in [0.3, 0.4) is 0 Å². The van der Waals surface area contributed by atoms with Gasteiger partial charge in [0.1, 0.15) is 5.75 Å². The molecule has 1 unspecified atom stereocenters. The second-order valence-electron chi connectivity index (χ2n) is 7.30. The number of hydrogen-bond acceptors (Lipinski definition) is 5. The Bertz CT molecular complexity index is 540. The van der Waals surface area contributed by atoms with Crippen LogP contribution in [-0.4, -0.2) is 73.3 Å². The van der Waals surface area contributed by atoms with E-state index >= 15 is 0 Å². The largest absolute Gasteiger partial charge is 0.494 e. The minimum Gasteiger partial charge on any atom is -0.494 e. The number of aliphatic hydroxyl groups excluding tert-OH is 1. The highest BCUT2D eigenvalue weighted by Gasteiger charge is 2.21. The predicted octanol–water partition coefficient (Wildman–Crippen LogP) is 2.05. The van der Waals surface area contributed by atoms with Gasteiger partial charge in [-0.2, -0.15) is 0 Å². The van der Waals surface area contributed by atoms with Gasteiger partial charge in [0, 0.05) is 18.8 Å². The van der Waals surface area contributed by atoms with Crippen molar-refractivity contribution in [2.45, 2.75) is 32.8 Å². The molecule has 6 nitrogen and oxygen atoms in total. The Hall–Kier alpha value is -1.63. The third-order valence-corrected chi connectivity index (χ3v) is 4.66. The van der Waals surface area contributed by atoms with E-state index in [0.717, 1.165) is 50.5 Å². The summed E-state index contributed by atoms with van der Waals surface area (Å²) in [6.45, 7) is 8.55. The lowest BCUT2D eigenvalue weighted by molar-refractivity contribution is -0.117. The molecule has 0 aliphatic carbocycles. The van der Waals surface area contributed by atoms with E-state index in [1.165, 1.54) is 0 Å². The van der Waals surface area contributed by atoms with Gasteiger partial charge in [-0.05, 0) is 77.0 Å². The molecular formula is C20H33N3O3. The Morgan fingerprint density at radius 2 is 2.00 bits per heavy atom. The van der Waals surface area contributed by atoms with Crippen LogP contribution in [0, 0.1) is 5.92 Å². The molecule has 1 saturated heterocycles. The molecule has 0 spiro atoms. The van der Waals surface area contributed by atoms with Crippen molar-refractivity contribution in [3.05, 3.63) is 24.3 Å². The average Bonchev–Trinajstić information content (AvgIpc) is 2.58. The fraction of sp³-hybridized carbons (Fsp3) is 0.650. The molecule has 1 aromatic carbocycles. The van der Waals surface area contributed by atoms with Crippen LogP contribution < -0.4 is 10.1 Å². The quantitative estimate of drug-likeness (QED) is 0.703. The van der Waals surface area contributed by atoms with Gasteiger partial charge in [-0.15, -0.1) is 0 Å². The molecule has 1 aliphatic rings. The number of likely N-dealkylation sites (tertiary alicyclic amines) is 1. The molecule has 0 saturated carbocycles. The number of amides is 1. The number of piperidine rings is 1. The van der Waals surface area contributed by atoms with Gasteiger partial charge in [-0.25, -0.2) is 0 Å². The molecule has 26 heavy (non-hydrogen) atoms. The number of likely N-dealkylation sites (N-methyl/N-ethyl adjacent to an activating group) is 1. The van der Waals surface area contributed by atoms with Crippen molar-refractivity contribution in [2.24, 2.45) is 5.92 Å². The van der Waals surface area contributed by atoms with Crippen LogP contribution in [0.5, 0.6) is 5.75 Å². The first kappa shape index (κ1) is 20.7. The summed E-state index contributed by atoms with van der Waals surface area (Å²) in [5.74, 6) is 1.43. The van der Waals surface area contributed by atoms with Crippen LogP contribution in [0.2, 0.25) is 0 Å². The first-order valence-corrected chi connectivity index (χ1v) is 9.58. The Kier molecular flexibility index (Phi) is 8.35. The van der Waals surface area contributed by atoms with E-state index in [1.54, 1.807) is 0 Å². The summed E-state index contributed by atoms with van der Waals surface area (Å²) in [6, 6.07) is 7.45. The lowest BCUT2D eigenvalue weighted by Gasteiger charge is -2.34. The first-order chi connectivity index (χ1) is 12.5. The minimum atomic E-state index is -0.263. The van der Waals surface area contributed by atoms with E-state index < -0.39 is 0 Å². The lowest BCUT2D eigenvalue weighted by Crippen LogP contribution is -2.41. The van der Waals surface area contributed by atoms with Gasteiger partial charge in [0.05, 0.1) is 19.3 Å². The Morgan fingerprint density at radius 3 is 2.58 bits per heavy atom. The van der Waals surface area contributed by atoms with Crippen LogP contribution in [0.15, 0.2) is 24.3 Å². The number of rotatable bonds is 9. The van der Waals surface area contributed by atoms with Crippen molar-refractivity contribution < 1.29 is 14.6 Å². The third-order valence-electron chi connectivity index (χ3n) is 4.66. The fourth-order valence-corrected chi connectivity index (χ4v) is 3.48. The molecular weight excluding hydrogens is 330 g/mol. The van der Waals surface area contributed by atoms with Gasteiger partial charge in [0.15, 0.2) is 0 Å². The van der Waals surface area contributed by atoms with Crippen LogP contribution in [0.4, 0.5) is 5.69 Å². The summed E-state index contributed by atoms with van der Waals surface area (Å²) in [4.78, 5) is 16.6. The van der Waals surface area contributed by atoms with Gasteiger partial charge in [0.25, 0.3) is 0 Å². The van der Waals surface area contributed by atoms with Crippen LogP contribution in [-0.2, 0) is 4.79 Å². The summed E-state index contributed by atoms with van der Waals surface area (Å²) in [7, 11) is 2.00. The average molecular weight is 364 g/mol. The van der Waals surface area contributed by atoms with Crippen molar-refractivity contribution in [3.63, 3.8) is 0 Å². The summed E-state index contributed by atoms with van der Waals surface area (Å²) in [5.41, 5.74) is 0.790. The molecule has 2 N–H and O–H groups in total. The monoisotopic (exact) mass is 363 g/mol. The molecule has 0 bridgehead atoms. The van der Waals surface area contributed by atoms with Crippen LogP contribution in [0.25, 0.3) is 0 Å². The molecule has 0 radical (unpaired) electrons. The number of nitrogens with zero attached hydrogens (tertiary/aromatic N) is 2. The van der Waals surface area contributed by atoms with Gasteiger partial charge < -0.3 is 20.1 Å². The molecule has 6 heteroatoms. The molecule has 0 aromatic heterocycles. The van der Waals surface area contributed by atoms with Gasteiger partial charge >= 0.3 is 0 Å². The van der Waals surface area contributed by atoms with Crippen LogP contribution in [0.1, 0.15) is 26.7 Å². The molecule has 1 heterocycles. The van der Waals surface area contributed by atoms with E-state index in [-0.39, 0.29) is 12.0 Å². The number of nitrogens with one attached hydrogen (secondary N) is 1. The topological polar surface area (TPSA) is 65.0 Å².